The van der Waals surface area contributed by atoms with Gasteiger partial charge in [-0.15, -0.1) is 0 Å². The zero-order chi connectivity index (χ0) is 20.5. The summed E-state index contributed by atoms with van der Waals surface area (Å²) in [5.74, 6) is 0.586. The monoisotopic (exact) mass is 417 g/mol. The molecule has 1 saturated carbocycles. The van der Waals surface area contributed by atoms with Crippen LogP contribution in [0.5, 0.6) is 0 Å². The number of amides is 1. The standard InChI is InChI=1S/C23H20ClN5O/c24-19-12-16(6-9-18(19)23(30)28-17-7-8-17)20-14-27-22-21(25-10-11-29(20)22)26-13-15-4-2-1-3-5-15/h1-6,9-12,14,17H,7-8,13H2,(H,25,26)(H,28,30). The zero-order valence-corrected chi connectivity index (χ0v) is 16.9. The summed E-state index contributed by atoms with van der Waals surface area (Å²) in [5, 5.41) is 6.76. The third-order valence-corrected chi connectivity index (χ3v) is 5.47. The number of imidazole rings is 1. The molecule has 2 aromatic carbocycles. The van der Waals surface area contributed by atoms with Crippen LogP contribution in [0.25, 0.3) is 16.9 Å². The van der Waals surface area contributed by atoms with E-state index in [0.29, 0.717) is 29.0 Å². The van der Waals surface area contributed by atoms with Crippen molar-refractivity contribution < 1.29 is 4.79 Å². The van der Waals surface area contributed by atoms with Crippen molar-refractivity contribution in [1.82, 2.24) is 19.7 Å². The molecular weight excluding hydrogens is 398 g/mol. The molecule has 0 bridgehead atoms. The molecule has 0 aliphatic heterocycles. The predicted octanol–water partition coefficient (Wildman–Crippen LogP) is 4.55. The summed E-state index contributed by atoms with van der Waals surface area (Å²) in [6.45, 7) is 0.659. The molecule has 0 atom stereocenters. The van der Waals surface area contributed by atoms with E-state index in [1.807, 2.05) is 40.9 Å². The lowest BCUT2D eigenvalue weighted by Gasteiger charge is -2.09. The van der Waals surface area contributed by atoms with Crippen LogP contribution in [0.4, 0.5) is 5.82 Å². The number of nitrogens with one attached hydrogen (secondary N) is 2. The fourth-order valence-corrected chi connectivity index (χ4v) is 3.65. The molecule has 0 unspecified atom stereocenters. The second-order valence-electron chi connectivity index (χ2n) is 7.39. The van der Waals surface area contributed by atoms with Gasteiger partial charge in [-0.25, -0.2) is 9.97 Å². The first-order valence-electron chi connectivity index (χ1n) is 9.90. The van der Waals surface area contributed by atoms with E-state index in [2.05, 4.69) is 32.7 Å². The average molecular weight is 418 g/mol. The van der Waals surface area contributed by atoms with Crippen LogP contribution in [0.3, 0.4) is 0 Å². The zero-order valence-electron chi connectivity index (χ0n) is 16.2. The highest BCUT2D eigenvalue weighted by atomic mass is 35.5. The number of benzene rings is 2. The van der Waals surface area contributed by atoms with Crippen LogP contribution < -0.4 is 10.6 Å². The Morgan fingerprint density at radius 3 is 2.73 bits per heavy atom. The fourth-order valence-electron chi connectivity index (χ4n) is 3.39. The van der Waals surface area contributed by atoms with E-state index in [1.54, 1.807) is 18.5 Å². The minimum absolute atomic E-state index is 0.121. The van der Waals surface area contributed by atoms with Crippen LogP contribution in [-0.4, -0.2) is 26.3 Å². The third-order valence-electron chi connectivity index (χ3n) is 5.15. The second kappa shape index (κ2) is 7.80. The van der Waals surface area contributed by atoms with Gasteiger partial charge in [-0.1, -0.05) is 48.0 Å². The smallest absolute Gasteiger partial charge is 0.253 e. The molecule has 2 N–H and O–H groups in total. The van der Waals surface area contributed by atoms with Crippen LogP contribution in [0, 0.1) is 0 Å². The first kappa shape index (κ1) is 18.6. The molecule has 0 radical (unpaired) electrons. The molecule has 1 aliphatic carbocycles. The summed E-state index contributed by atoms with van der Waals surface area (Å²) in [5.41, 5.74) is 4.16. The van der Waals surface area contributed by atoms with Gasteiger partial charge in [0.15, 0.2) is 11.5 Å². The van der Waals surface area contributed by atoms with Crippen molar-refractivity contribution in [1.29, 1.82) is 0 Å². The molecule has 0 spiro atoms. The Morgan fingerprint density at radius 2 is 1.97 bits per heavy atom. The second-order valence-corrected chi connectivity index (χ2v) is 7.80. The topological polar surface area (TPSA) is 71.3 Å². The molecule has 2 aromatic heterocycles. The van der Waals surface area contributed by atoms with Crippen molar-refractivity contribution in [3.63, 3.8) is 0 Å². The van der Waals surface area contributed by atoms with Crippen molar-refractivity contribution >= 4 is 29.0 Å². The lowest BCUT2D eigenvalue weighted by atomic mass is 10.1. The van der Waals surface area contributed by atoms with Gasteiger partial charge in [0.05, 0.1) is 22.5 Å². The van der Waals surface area contributed by atoms with Crippen LogP contribution in [0.2, 0.25) is 5.02 Å². The highest BCUT2D eigenvalue weighted by Gasteiger charge is 2.25. The molecule has 2 heterocycles. The van der Waals surface area contributed by atoms with E-state index >= 15 is 0 Å². The summed E-state index contributed by atoms with van der Waals surface area (Å²) in [7, 11) is 0. The highest BCUT2D eigenvalue weighted by molar-refractivity contribution is 6.34. The molecule has 4 aromatic rings. The molecule has 6 nitrogen and oxygen atoms in total. The van der Waals surface area contributed by atoms with Crippen molar-refractivity contribution in [3.05, 3.63) is 83.3 Å². The third kappa shape index (κ3) is 3.74. The Kier molecular flexibility index (Phi) is 4.85. The summed E-state index contributed by atoms with van der Waals surface area (Å²) in [6.07, 6.45) is 7.48. The van der Waals surface area contributed by atoms with E-state index in [4.69, 9.17) is 11.6 Å². The van der Waals surface area contributed by atoms with Gasteiger partial charge in [0.25, 0.3) is 5.91 Å². The molecule has 1 amide bonds. The van der Waals surface area contributed by atoms with Crippen LogP contribution in [0.15, 0.2) is 67.1 Å². The Bertz CT molecular complexity index is 1220. The molecule has 0 saturated heterocycles. The molecule has 5 rings (SSSR count). The number of hydrogen-bond acceptors (Lipinski definition) is 4. The first-order chi connectivity index (χ1) is 14.7. The lowest BCUT2D eigenvalue weighted by molar-refractivity contribution is 0.0951. The molecule has 7 heteroatoms. The Hall–Kier alpha value is -3.38. The van der Waals surface area contributed by atoms with Crippen molar-refractivity contribution in [2.45, 2.75) is 25.4 Å². The number of anilines is 1. The summed E-state index contributed by atoms with van der Waals surface area (Å²) >= 11 is 6.43. The van der Waals surface area contributed by atoms with Gasteiger partial charge in [-0.3, -0.25) is 9.20 Å². The molecule has 1 fully saturated rings. The van der Waals surface area contributed by atoms with Crippen LogP contribution in [0.1, 0.15) is 28.8 Å². The minimum Gasteiger partial charge on any atom is -0.363 e. The number of carbonyl (C=O) groups excluding carboxylic acids is 1. The van der Waals surface area contributed by atoms with E-state index in [1.165, 1.54) is 5.56 Å². The van der Waals surface area contributed by atoms with Crippen LogP contribution >= 0.6 is 11.6 Å². The molecular formula is C23H20ClN5O. The number of rotatable bonds is 6. The van der Waals surface area contributed by atoms with E-state index < -0.39 is 0 Å². The number of carbonyl (C=O) groups is 1. The largest absolute Gasteiger partial charge is 0.363 e. The van der Waals surface area contributed by atoms with Crippen molar-refractivity contribution in [2.24, 2.45) is 0 Å². The number of fused-ring (bicyclic) bond motifs is 1. The maximum absolute atomic E-state index is 12.3. The van der Waals surface area contributed by atoms with Gasteiger partial charge in [-0.2, -0.15) is 0 Å². The predicted molar refractivity (Wildman–Crippen MR) is 118 cm³/mol. The van der Waals surface area contributed by atoms with Gasteiger partial charge in [-0.05, 0) is 30.5 Å². The Balaban J connectivity index is 1.42. The SMILES string of the molecule is O=C(NC1CC1)c1ccc(-c2cnc3c(NCc4ccccc4)nccn23)cc1Cl. The molecule has 30 heavy (non-hydrogen) atoms. The number of hydrogen-bond donors (Lipinski definition) is 2. The Labute approximate surface area is 178 Å². The maximum Gasteiger partial charge on any atom is 0.253 e. The molecule has 1 aliphatic rings. The van der Waals surface area contributed by atoms with Crippen molar-refractivity contribution in [3.8, 4) is 11.3 Å². The summed E-state index contributed by atoms with van der Waals surface area (Å²) in [6, 6.07) is 15.9. The van der Waals surface area contributed by atoms with E-state index in [0.717, 1.165) is 29.7 Å². The maximum atomic E-state index is 12.3. The number of aromatic nitrogens is 3. The van der Waals surface area contributed by atoms with Crippen molar-refractivity contribution in [2.75, 3.05) is 5.32 Å². The van der Waals surface area contributed by atoms with Crippen LogP contribution in [-0.2, 0) is 6.54 Å². The highest BCUT2D eigenvalue weighted by Crippen LogP contribution is 2.28. The number of halogens is 1. The summed E-state index contributed by atoms with van der Waals surface area (Å²) < 4.78 is 1.97. The van der Waals surface area contributed by atoms with Gasteiger partial charge in [0.1, 0.15) is 0 Å². The fraction of sp³-hybridized carbons (Fsp3) is 0.174. The average Bonchev–Trinajstić information content (AvgIpc) is 3.47. The van der Waals surface area contributed by atoms with Gasteiger partial charge in [0.2, 0.25) is 0 Å². The van der Waals surface area contributed by atoms with E-state index in [9.17, 15) is 4.79 Å². The first-order valence-corrected chi connectivity index (χ1v) is 10.3. The van der Waals surface area contributed by atoms with Gasteiger partial charge >= 0.3 is 0 Å². The minimum atomic E-state index is -0.121. The quantitative estimate of drug-likeness (QED) is 0.482. The normalized spacial score (nSPS) is 13.4. The lowest BCUT2D eigenvalue weighted by Crippen LogP contribution is -2.25. The van der Waals surface area contributed by atoms with Gasteiger partial charge < -0.3 is 10.6 Å². The molecule has 150 valence electrons. The Morgan fingerprint density at radius 1 is 1.13 bits per heavy atom. The number of nitrogens with zero attached hydrogens (tertiary/aromatic N) is 3. The van der Waals surface area contributed by atoms with E-state index in [-0.39, 0.29) is 5.91 Å². The summed E-state index contributed by atoms with van der Waals surface area (Å²) in [4.78, 5) is 21.3. The van der Waals surface area contributed by atoms with Gasteiger partial charge in [0, 0.05) is 30.5 Å².